The monoisotopic (exact) mass is 554 g/mol. The van der Waals surface area contributed by atoms with Gasteiger partial charge in [0, 0.05) is 11.8 Å². The Morgan fingerprint density at radius 2 is 0.951 bits per heavy atom. The second-order valence-electron chi connectivity index (χ2n) is 11.2. The van der Waals surface area contributed by atoms with Crippen LogP contribution in [0, 0.1) is 0 Å². The zero-order valence-electron chi connectivity index (χ0n) is 24.5. The minimum atomic E-state index is -1.09. The number of rotatable bonds is 14. The van der Waals surface area contributed by atoms with Gasteiger partial charge in [-0.05, 0) is 73.2 Å². The molecule has 4 aromatic rings. The summed E-state index contributed by atoms with van der Waals surface area (Å²) in [5.74, 6) is 1.33. The number of methoxy groups -OCH3 is 2. The molecule has 4 atom stereocenters. The van der Waals surface area contributed by atoms with Gasteiger partial charge >= 0.3 is 0 Å². The second kappa shape index (κ2) is 13.8. The normalized spacial score (nSPS) is 15.8. The molecule has 0 aromatic heterocycles. The molecule has 0 radical (unpaired) electrons. The average Bonchev–Trinajstić information content (AvgIpc) is 3.01. The van der Waals surface area contributed by atoms with Crippen molar-refractivity contribution in [2.45, 2.75) is 49.7 Å². The van der Waals surface area contributed by atoms with Crippen molar-refractivity contribution in [2.75, 3.05) is 27.4 Å². The average molecular weight is 555 g/mol. The molecule has 2 N–H and O–H groups in total. The molecule has 0 saturated carbocycles. The Morgan fingerprint density at radius 1 is 0.561 bits per heavy atom. The maximum Gasteiger partial charge on any atom is 0.119 e. The van der Waals surface area contributed by atoms with Crippen molar-refractivity contribution < 1.29 is 24.4 Å². The van der Waals surface area contributed by atoms with Gasteiger partial charge in [0.05, 0.1) is 38.6 Å². The van der Waals surface area contributed by atoms with Crippen LogP contribution in [0.1, 0.15) is 60.8 Å². The number of aliphatic hydroxyl groups is 2. The van der Waals surface area contributed by atoms with Crippen LogP contribution in [-0.4, -0.2) is 37.6 Å². The Hall–Kier alpha value is -3.64. The first-order valence-electron chi connectivity index (χ1n) is 14.1. The second-order valence-corrected chi connectivity index (χ2v) is 11.2. The summed E-state index contributed by atoms with van der Waals surface area (Å²) in [6.07, 6.45) is 0.948. The fraction of sp³-hybridized carbons (Fsp3) is 0.333. The number of ether oxygens (including phenoxy) is 3. The largest absolute Gasteiger partial charge is 0.497 e. The molecular formula is C36H42O5. The first-order chi connectivity index (χ1) is 19.7. The Morgan fingerprint density at radius 3 is 1.32 bits per heavy atom. The van der Waals surface area contributed by atoms with Crippen LogP contribution in [0.3, 0.4) is 0 Å². The molecule has 0 amide bonds. The zero-order chi connectivity index (χ0) is 29.3. The van der Waals surface area contributed by atoms with Crippen LogP contribution in [0.5, 0.6) is 11.5 Å². The van der Waals surface area contributed by atoms with Gasteiger partial charge in [-0.2, -0.15) is 0 Å². The summed E-state index contributed by atoms with van der Waals surface area (Å²) >= 11 is 0. The molecule has 0 aliphatic carbocycles. The van der Waals surface area contributed by atoms with E-state index in [4.69, 9.17) is 14.2 Å². The third kappa shape index (κ3) is 8.20. The molecule has 216 valence electrons. The van der Waals surface area contributed by atoms with E-state index in [1.165, 1.54) is 0 Å². The molecule has 0 spiro atoms. The molecule has 41 heavy (non-hydrogen) atoms. The molecule has 0 saturated heterocycles. The van der Waals surface area contributed by atoms with Crippen LogP contribution < -0.4 is 9.47 Å². The van der Waals surface area contributed by atoms with E-state index in [1.807, 2.05) is 98.8 Å². The van der Waals surface area contributed by atoms with Gasteiger partial charge in [0.2, 0.25) is 0 Å². The van der Waals surface area contributed by atoms with Crippen molar-refractivity contribution in [2.24, 2.45) is 0 Å². The molecule has 0 fully saturated rings. The maximum atomic E-state index is 11.6. The lowest BCUT2D eigenvalue weighted by molar-refractivity contribution is 0.00753. The van der Waals surface area contributed by atoms with Crippen molar-refractivity contribution in [3.05, 3.63) is 131 Å². The minimum absolute atomic E-state index is 0.0484. The van der Waals surface area contributed by atoms with Gasteiger partial charge in [-0.3, -0.25) is 0 Å². The Labute approximate surface area is 244 Å². The van der Waals surface area contributed by atoms with E-state index in [2.05, 4.69) is 24.3 Å². The summed E-state index contributed by atoms with van der Waals surface area (Å²) in [6.45, 7) is 4.54. The van der Waals surface area contributed by atoms with Crippen molar-refractivity contribution in [1.29, 1.82) is 0 Å². The number of benzene rings is 4. The SMILES string of the molecule is COc1cccc(C(C)(O)CC(COCC(CC(C)(O)c2cccc(OC)c2)c2ccccc2)c2ccccc2)c1. The molecule has 5 nitrogen and oxygen atoms in total. The van der Waals surface area contributed by atoms with E-state index in [9.17, 15) is 10.2 Å². The quantitative estimate of drug-likeness (QED) is 0.173. The van der Waals surface area contributed by atoms with E-state index in [1.54, 1.807) is 14.2 Å². The first-order valence-corrected chi connectivity index (χ1v) is 14.1. The molecule has 4 rings (SSSR count). The Kier molecular flexibility index (Phi) is 10.2. The van der Waals surface area contributed by atoms with Crippen molar-refractivity contribution in [1.82, 2.24) is 0 Å². The van der Waals surface area contributed by atoms with Crippen LogP contribution in [0.4, 0.5) is 0 Å². The maximum absolute atomic E-state index is 11.6. The predicted molar refractivity (Wildman–Crippen MR) is 164 cm³/mol. The summed E-state index contributed by atoms with van der Waals surface area (Å²) < 4.78 is 17.2. The van der Waals surface area contributed by atoms with Crippen LogP contribution >= 0.6 is 0 Å². The minimum Gasteiger partial charge on any atom is -0.497 e. The molecule has 0 heterocycles. The molecule has 4 aromatic carbocycles. The van der Waals surface area contributed by atoms with Crippen LogP contribution in [0.25, 0.3) is 0 Å². The summed E-state index contributed by atoms with van der Waals surface area (Å²) in [5, 5.41) is 23.2. The lowest BCUT2D eigenvalue weighted by Gasteiger charge is -2.32. The van der Waals surface area contributed by atoms with Gasteiger partial charge in [0.25, 0.3) is 0 Å². The van der Waals surface area contributed by atoms with Crippen LogP contribution in [0.15, 0.2) is 109 Å². The Bertz CT molecular complexity index is 1250. The van der Waals surface area contributed by atoms with E-state index < -0.39 is 11.2 Å². The summed E-state index contributed by atoms with van der Waals surface area (Å²) in [6, 6.07) is 35.5. The fourth-order valence-corrected chi connectivity index (χ4v) is 5.46. The predicted octanol–water partition coefficient (Wildman–Crippen LogP) is 7.18. The van der Waals surface area contributed by atoms with E-state index in [0.717, 1.165) is 22.3 Å². The van der Waals surface area contributed by atoms with Gasteiger partial charge in [0.1, 0.15) is 11.5 Å². The molecule has 0 bridgehead atoms. The van der Waals surface area contributed by atoms with Gasteiger partial charge in [0.15, 0.2) is 0 Å². The molecule has 0 aliphatic rings. The zero-order valence-corrected chi connectivity index (χ0v) is 24.5. The highest BCUT2D eigenvalue weighted by Gasteiger charge is 2.31. The highest BCUT2D eigenvalue weighted by Crippen LogP contribution is 2.37. The van der Waals surface area contributed by atoms with Gasteiger partial charge in [-0.1, -0.05) is 84.9 Å². The smallest absolute Gasteiger partial charge is 0.119 e. The lowest BCUT2D eigenvalue weighted by atomic mass is 9.82. The molecule has 0 aliphatic heterocycles. The number of hydrogen-bond acceptors (Lipinski definition) is 5. The van der Waals surface area contributed by atoms with Crippen LogP contribution in [0.2, 0.25) is 0 Å². The highest BCUT2D eigenvalue weighted by atomic mass is 16.5. The fourth-order valence-electron chi connectivity index (χ4n) is 5.46. The third-order valence-corrected chi connectivity index (χ3v) is 7.85. The summed E-state index contributed by atoms with van der Waals surface area (Å²) in [5.41, 5.74) is 1.63. The molecular weight excluding hydrogens is 512 g/mol. The topological polar surface area (TPSA) is 68.2 Å². The van der Waals surface area contributed by atoms with Crippen LogP contribution in [-0.2, 0) is 15.9 Å². The van der Waals surface area contributed by atoms with Gasteiger partial charge in [-0.15, -0.1) is 0 Å². The van der Waals surface area contributed by atoms with E-state index >= 15 is 0 Å². The summed E-state index contributed by atoms with van der Waals surface area (Å²) in [4.78, 5) is 0. The van der Waals surface area contributed by atoms with E-state index in [0.29, 0.717) is 37.6 Å². The molecule has 4 unspecified atom stereocenters. The van der Waals surface area contributed by atoms with Gasteiger partial charge in [-0.25, -0.2) is 0 Å². The Balaban J connectivity index is 1.53. The number of hydrogen-bond donors (Lipinski definition) is 2. The van der Waals surface area contributed by atoms with Crippen molar-refractivity contribution >= 4 is 0 Å². The van der Waals surface area contributed by atoms with Crippen molar-refractivity contribution in [3.63, 3.8) is 0 Å². The van der Waals surface area contributed by atoms with Gasteiger partial charge < -0.3 is 24.4 Å². The first kappa shape index (κ1) is 30.3. The highest BCUT2D eigenvalue weighted by molar-refractivity contribution is 5.34. The van der Waals surface area contributed by atoms with Crippen molar-refractivity contribution in [3.8, 4) is 11.5 Å². The summed E-state index contributed by atoms with van der Waals surface area (Å²) in [7, 11) is 3.26. The van der Waals surface area contributed by atoms with E-state index in [-0.39, 0.29) is 11.8 Å². The standard InChI is InChI=1S/C36H42O5/c1-35(37,31-17-11-19-33(21-31)39-3)23-29(27-13-7-5-8-14-27)25-41-26-30(28-15-9-6-10-16-28)24-36(2,38)32-18-12-20-34(22-32)40-4/h5-22,29-30,37-38H,23-26H2,1-4H3. The molecule has 5 heteroatoms. The third-order valence-electron chi connectivity index (χ3n) is 7.85. The lowest BCUT2D eigenvalue weighted by Crippen LogP contribution is -2.28.